The molecule has 0 aliphatic heterocycles. The highest BCUT2D eigenvalue weighted by atomic mass is 35.5. The number of hydrogen-bond donors (Lipinski definition) is 1. The van der Waals surface area contributed by atoms with Crippen LogP contribution in [0.25, 0.3) is 0 Å². The van der Waals surface area contributed by atoms with E-state index in [0.29, 0.717) is 22.6 Å². The first kappa shape index (κ1) is 11.4. The molecule has 0 bridgehead atoms. The average molecular weight is 237 g/mol. The van der Waals surface area contributed by atoms with E-state index in [0.717, 1.165) is 12.8 Å². The lowest BCUT2D eigenvalue weighted by molar-refractivity contribution is -0.117. The number of halogens is 1. The molecule has 84 valence electrons. The van der Waals surface area contributed by atoms with E-state index < -0.39 is 6.10 Å². The van der Waals surface area contributed by atoms with Crippen LogP contribution in [0.1, 0.15) is 30.9 Å². The van der Waals surface area contributed by atoms with E-state index >= 15 is 0 Å². The summed E-state index contributed by atoms with van der Waals surface area (Å²) in [5, 5.41) is 10.6. The summed E-state index contributed by atoms with van der Waals surface area (Å²) in [5.41, 5.74) is 1.09. The van der Waals surface area contributed by atoms with Crippen LogP contribution in [0, 0.1) is 0 Å². The molecule has 2 nitrogen and oxygen atoms in total. The van der Waals surface area contributed by atoms with Gasteiger partial charge in [-0.25, -0.2) is 0 Å². The summed E-state index contributed by atoms with van der Waals surface area (Å²) in [4.78, 5) is 11.6. The maximum Gasteiger partial charge on any atom is 0.161 e. The van der Waals surface area contributed by atoms with E-state index in [2.05, 4.69) is 0 Å². The Balaban J connectivity index is 2.32. The van der Waals surface area contributed by atoms with E-state index in [1.807, 2.05) is 6.08 Å². The van der Waals surface area contributed by atoms with E-state index in [1.165, 1.54) is 0 Å². The van der Waals surface area contributed by atoms with Crippen LogP contribution < -0.4 is 0 Å². The number of ketones is 1. The zero-order chi connectivity index (χ0) is 11.5. The lowest BCUT2D eigenvalue weighted by atomic mass is 9.91. The summed E-state index contributed by atoms with van der Waals surface area (Å²) in [6.07, 6.45) is 3.18. The molecule has 1 aliphatic carbocycles. The summed E-state index contributed by atoms with van der Waals surface area (Å²) in [6, 6.07) is 7.07. The number of carbonyl (C=O) groups excluding carboxylic acids is 1. The molecule has 0 fully saturated rings. The van der Waals surface area contributed by atoms with Gasteiger partial charge < -0.3 is 5.11 Å². The molecule has 2 rings (SSSR count). The SMILES string of the molecule is O=C1CCCC=C1[C@H](O)c1ccccc1Cl. The summed E-state index contributed by atoms with van der Waals surface area (Å²) in [7, 11) is 0. The fourth-order valence-electron chi connectivity index (χ4n) is 1.91. The molecule has 0 saturated heterocycles. The van der Waals surface area contributed by atoms with E-state index in [-0.39, 0.29) is 5.78 Å². The number of Topliss-reactive ketones (excluding diaryl/α,β-unsaturated/α-hetero) is 1. The molecular formula is C13H13ClO2. The van der Waals surface area contributed by atoms with Gasteiger partial charge in [-0.1, -0.05) is 35.9 Å². The Morgan fingerprint density at radius 2 is 2.06 bits per heavy atom. The van der Waals surface area contributed by atoms with Crippen LogP contribution in [0.5, 0.6) is 0 Å². The summed E-state index contributed by atoms with van der Waals surface area (Å²) in [5.74, 6) is 0.0265. The number of benzene rings is 1. The molecule has 0 aromatic heterocycles. The minimum Gasteiger partial charge on any atom is -0.383 e. The Kier molecular flexibility index (Phi) is 3.42. The molecule has 0 saturated carbocycles. The lowest BCUT2D eigenvalue weighted by Crippen LogP contribution is -2.14. The first-order valence-corrected chi connectivity index (χ1v) is 5.73. The second kappa shape index (κ2) is 4.81. The Morgan fingerprint density at radius 1 is 1.31 bits per heavy atom. The third-order valence-corrected chi connectivity index (χ3v) is 3.13. The number of aliphatic hydroxyl groups excluding tert-OH is 1. The number of rotatable bonds is 2. The molecule has 0 heterocycles. The van der Waals surface area contributed by atoms with Crippen molar-refractivity contribution in [3.05, 3.63) is 46.5 Å². The van der Waals surface area contributed by atoms with Crippen molar-refractivity contribution in [2.45, 2.75) is 25.4 Å². The van der Waals surface area contributed by atoms with E-state index in [4.69, 9.17) is 11.6 Å². The molecule has 0 radical (unpaired) electrons. The van der Waals surface area contributed by atoms with Gasteiger partial charge in [-0.2, -0.15) is 0 Å². The van der Waals surface area contributed by atoms with Crippen molar-refractivity contribution < 1.29 is 9.90 Å². The molecule has 3 heteroatoms. The Morgan fingerprint density at radius 3 is 2.75 bits per heavy atom. The standard InChI is InChI=1S/C13H13ClO2/c14-11-7-3-1-5-9(11)13(16)10-6-2-4-8-12(10)15/h1,3,5-7,13,16H,2,4,8H2/t13-/m1/s1. The zero-order valence-corrected chi connectivity index (χ0v) is 9.57. The van der Waals surface area contributed by atoms with E-state index in [9.17, 15) is 9.90 Å². The van der Waals surface area contributed by atoms with Crippen LogP contribution in [0.2, 0.25) is 5.02 Å². The van der Waals surface area contributed by atoms with Crippen LogP contribution >= 0.6 is 11.6 Å². The summed E-state index contributed by atoms with van der Waals surface area (Å²) >= 11 is 5.99. The highest BCUT2D eigenvalue weighted by Gasteiger charge is 2.23. The van der Waals surface area contributed by atoms with Crippen molar-refractivity contribution in [2.75, 3.05) is 0 Å². The Bertz CT molecular complexity index is 437. The minimum absolute atomic E-state index is 0.0265. The van der Waals surface area contributed by atoms with Gasteiger partial charge in [0.1, 0.15) is 6.10 Å². The number of aliphatic hydroxyl groups is 1. The van der Waals surface area contributed by atoms with Gasteiger partial charge in [-0.05, 0) is 18.9 Å². The van der Waals surface area contributed by atoms with Gasteiger partial charge in [0.05, 0.1) is 0 Å². The van der Waals surface area contributed by atoms with Crippen molar-refractivity contribution in [2.24, 2.45) is 0 Å². The molecule has 0 spiro atoms. The molecule has 0 amide bonds. The van der Waals surface area contributed by atoms with Gasteiger partial charge in [-0.15, -0.1) is 0 Å². The third kappa shape index (κ3) is 2.18. The second-order valence-electron chi connectivity index (χ2n) is 3.90. The largest absolute Gasteiger partial charge is 0.383 e. The van der Waals surface area contributed by atoms with Crippen molar-refractivity contribution in [3.8, 4) is 0 Å². The first-order chi connectivity index (χ1) is 7.70. The monoisotopic (exact) mass is 236 g/mol. The molecular weight excluding hydrogens is 224 g/mol. The van der Waals surface area contributed by atoms with Gasteiger partial charge in [0, 0.05) is 22.6 Å². The van der Waals surface area contributed by atoms with Crippen molar-refractivity contribution in [1.29, 1.82) is 0 Å². The molecule has 1 aromatic carbocycles. The van der Waals surface area contributed by atoms with Gasteiger partial charge >= 0.3 is 0 Å². The summed E-state index contributed by atoms with van der Waals surface area (Å²) in [6.45, 7) is 0. The molecule has 16 heavy (non-hydrogen) atoms. The molecule has 0 unspecified atom stereocenters. The van der Waals surface area contributed by atoms with Crippen LogP contribution in [-0.4, -0.2) is 10.9 Å². The normalized spacial score (nSPS) is 18.1. The van der Waals surface area contributed by atoms with Crippen LogP contribution in [0.4, 0.5) is 0 Å². The van der Waals surface area contributed by atoms with Gasteiger partial charge in [0.2, 0.25) is 0 Å². The molecule has 1 atom stereocenters. The highest BCUT2D eigenvalue weighted by molar-refractivity contribution is 6.31. The van der Waals surface area contributed by atoms with Crippen LogP contribution in [0.15, 0.2) is 35.9 Å². The van der Waals surface area contributed by atoms with Crippen LogP contribution in [-0.2, 0) is 4.79 Å². The first-order valence-electron chi connectivity index (χ1n) is 5.36. The van der Waals surface area contributed by atoms with Crippen molar-refractivity contribution in [3.63, 3.8) is 0 Å². The fourth-order valence-corrected chi connectivity index (χ4v) is 2.15. The van der Waals surface area contributed by atoms with Gasteiger partial charge in [0.25, 0.3) is 0 Å². The smallest absolute Gasteiger partial charge is 0.161 e. The number of carbonyl (C=O) groups is 1. The minimum atomic E-state index is -0.888. The molecule has 1 aliphatic rings. The second-order valence-corrected chi connectivity index (χ2v) is 4.31. The molecule has 1 N–H and O–H groups in total. The maximum absolute atomic E-state index is 11.6. The van der Waals surface area contributed by atoms with Crippen molar-refractivity contribution in [1.82, 2.24) is 0 Å². The third-order valence-electron chi connectivity index (χ3n) is 2.79. The fraction of sp³-hybridized carbons (Fsp3) is 0.308. The predicted octanol–water partition coefficient (Wildman–Crippen LogP) is 3.05. The average Bonchev–Trinajstić information content (AvgIpc) is 2.29. The highest BCUT2D eigenvalue weighted by Crippen LogP contribution is 2.31. The Labute approximate surface area is 99.5 Å². The van der Waals surface area contributed by atoms with Crippen LogP contribution in [0.3, 0.4) is 0 Å². The Hall–Kier alpha value is -1.12. The number of allylic oxidation sites excluding steroid dienone is 1. The van der Waals surface area contributed by atoms with Gasteiger partial charge in [-0.3, -0.25) is 4.79 Å². The summed E-state index contributed by atoms with van der Waals surface area (Å²) < 4.78 is 0. The zero-order valence-electron chi connectivity index (χ0n) is 8.82. The molecule has 1 aromatic rings. The topological polar surface area (TPSA) is 37.3 Å². The quantitative estimate of drug-likeness (QED) is 0.857. The van der Waals surface area contributed by atoms with Gasteiger partial charge in [0.15, 0.2) is 5.78 Å². The van der Waals surface area contributed by atoms with Crippen molar-refractivity contribution >= 4 is 17.4 Å². The number of hydrogen-bond acceptors (Lipinski definition) is 2. The predicted molar refractivity (Wildman–Crippen MR) is 63.4 cm³/mol. The lowest BCUT2D eigenvalue weighted by Gasteiger charge is -2.18. The van der Waals surface area contributed by atoms with E-state index in [1.54, 1.807) is 24.3 Å². The maximum atomic E-state index is 11.6.